The van der Waals surface area contributed by atoms with Crippen LogP contribution in [0.2, 0.25) is 0 Å². The molecule has 0 spiro atoms. The third-order valence-electron chi connectivity index (χ3n) is 4.81. The summed E-state index contributed by atoms with van der Waals surface area (Å²) in [5, 5.41) is 14.4. The van der Waals surface area contributed by atoms with Gasteiger partial charge in [0.25, 0.3) is 5.91 Å². The number of furan rings is 1. The van der Waals surface area contributed by atoms with E-state index >= 15 is 0 Å². The first-order valence-corrected chi connectivity index (χ1v) is 9.36. The molecular weight excluding hydrogens is 425 g/mol. The highest BCUT2D eigenvalue weighted by atomic mass is 19.4. The Kier molecular flexibility index (Phi) is 5.17. The van der Waals surface area contributed by atoms with Crippen LogP contribution in [0.4, 0.5) is 18.9 Å². The number of carbonyl (C=O) groups excluding carboxylic acids is 1. The van der Waals surface area contributed by atoms with Gasteiger partial charge in [0, 0.05) is 5.56 Å². The second-order valence-corrected chi connectivity index (χ2v) is 6.99. The average molecular weight is 440 g/mol. The Morgan fingerprint density at radius 2 is 1.81 bits per heavy atom. The van der Waals surface area contributed by atoms with Crippen molar-refractivity contribution in [3.63, 3.8) is 0 Å². The first-order chi connectivity index (χ1) is 15.1. The maximum absolute atomic E-state index is 13.0. The van der Waals surface area contributed by atoms with Gasteiger partial charge >= 0.3 is 12.1 Å². The zero-order valence-corrected chi connectivity index (χ0v) is 16.6. The van der Waals surface area contributed by atoms with Gasteiger partial charge in [-0.25, -0.2) is 4.79 Å². The maximum atomic E-state index is 13.0. The van der Waals surface area contributed by atoms with Gasteiger partial charge in [0.2, 0.25) is 0 Å². The molecule has 2 aromatic carbocycles. The van der Waals surface area contributed by atoms with Crippen LogP contribution in [-0.4, -0.2) is 22.7 Å². The zero-order chi connectivity index (χ0) is 23.0. The van der Waals surface area contributed by atoms with E-state index in [0.717, 1.165) is 17.1 Å². The summed E-state index contributed by atoms with van der Waals surface area (Å²) in [6.07, 6.45) is -3.01. The van der Waals surface area contributed by atoms with Crippen LogP contribution in [0.5, 0.6) is 0 Å². The number of nitrogens with zero attached hydrogens (tertiary/aromatic N) is 2. The zero-order valence-electron chi connectivity index (χ0n) is 16.6. The van der Waals surface area contributed by atoms with Crippen LogP contribution in [0, 0.1) is 0 Å². The van der Waals surface area contributed by atoms with Crippen LogP contribution in [-0.2, 0) is 11.0 Å². The van der Waals surface area contributed by atoms with Crippen LogP contribution >= 0.6 is 0 Å². The lowest BCUT2D eigenvalue weighted by Gasteiger charge is -2.11. The second-order valence-electron chi connectivity index (χ2n) is 6.99. The monoisotopic (exact) mass is 440 g/mol. The highest BCUT2D eigenvalue weighted by Crippen LogP contribution is 2.33. The third kappa shape index (κ3) is 4.04. The van der Waals surface area contributed by atoms with Crippen LogP contribution < -0.4 is 5.01 Å². The fraction of sp³-hybridized carbons (Fsp3) is 0.0870. The molecule has 0 bridgehead atoms. The van der Waals surface area contributed by atoms with Gasteiger partial charge in [0.05, 0.1) is 28.1 Å². The number of carboxylic acid groups (broad SMARTS) is 1. The Hall–Kier alpha value is -4.14. The molecule has 1 aliphatic heterocycles. The van der Waals surface area contributed by atoms with Crippen LogP contribution in [0.3, 0.4) is 0 Å². The fourth-order valence-corrected chi connectivity index (χ4v) is 3.18. The van der Waals surface area contributed by atoms with Crippen LogP contribution in [0.25, 0.3) is 17.4 Å². The van der Waals surface area contributed by atoms with Gasteiger partial charge in [0.15, 0.2) is 0 Å². The summed E-state index contributed by atoms with van der Waals surface area (Å²) >= 11 is 0. The molecule has 1 aromatic heterocycles. The van der Waals surface area contributed by atoms with Crippen molar-refractivity contribution >= 4 is 29.4 Å². The van der Waals surface area contributed by atoms with Crippen molar-refractivity contribution in [2.75, 3.05) is 5.01 Å². The molecule has 0 saturated heterocycles. The molecule has 162 valence electrons. The molecule has 4 rings (SSSR count). The Morgan fingerprint density at radius 3 is 2.47 bits per heavy atom. The molecule has 1 aliphatic rings. The number of benzene rings is 2. The SMILES string of the molecule is CC1=NN(c2ccc(C(=O)O)cc2)C(=O)/C1=C\c1ccc(-c2cccc(C(F)(F)F)c2)o1. The molecule has 3 aromatic rings. The molecule has 9 heteroatoms. The number of aromatic carboxylic acids is 1. The van der Waals surface area contributed by atoms with Crippen molar-refractivity contribution in [1.82, 2.24) is 0 Å². The topological polar surface area (TPSA) is 83.1 Å². The molecule has 0 radical (unpaired) electrons. The lowest BCUT2D eigenvalue weighted by Crippen LogP contribution is -2.21. The summed E-state index contributed by atoms with van der Waals surface area (Å²) < 4.78 is 44.5. The lowest BCUT2D eigenvalue weighted by molar-refractivity contribution is -0.137. The molecule has 0 unspecified atom stereocenters. The van der Waals surface area contributed by atoms with Crippen molar-refractivity contribution in [3.05, 3.63) is 83.1 Å². The summed E-state index contributed by atoms with van der Waals surface area (Å²) in [5.41, 5.74) is 0.602. The molecule has 32 heavy (non-hydrogen) atoms. The van der Waals surface area contributed by atoms with Crippen LogP contribution in [0.1, 0.15) is 28.6 Å². The van der Waals surface area contributed by atoms with Crippen molar-refractivity contribution in [3.8, 4) is 11.3 Å². The molecular formula is C23H15F3N2O4. The van der Waals surface area contributed by atoms with Gasteiger partial charge in [-0.1, -0.05) is 12.1 Å². The minimum absolute atomic E-state index is 0.0783. The highest BCUT2D eigenvalue weighted by Gasteiger charge is 2.31. The Bertz CT molecular complexity index is 1270. The largest absolute Gasteiger partial charge is 0.478 e. The van der Waals surface area contributed by atoms with Gasteiger partial charge in [-0.2, -0.15) is 23.3 Å². The minimum Gasteiger partial charge on any atom is -0.478 e. The third-order valence-corrected chi connectivity index (χ3v) is 4.81. The average Bonchev–Trinajstić information content (AvgIpc) is 3.34. The molecule has 0 fully saturated rings. The van der Waals surface area contributed by atoms with Crippen molar-refractivity contribution in [1.29, 1.82) is 0 Å². The molecule has 0 aliphatic carbocycles. The standard InChI is InChI=1S/C23H15F3N2O4/c1-13-19(21(29)28(27-13)17-7-5-14(6-8-17)22(30)31)12-18-9-10-20(32-18)15-3-2-4-16(11-15)23(24,25)26/h2-12H,1H3,(H,30,31)/b19-12-. The van der Waals surface area contributed by atoms with Crippen LogP contribution in [0.15, 0.2) is 75.8 Å². The molecule has 6 nitrogen and oxygen atoms in total. The quantitative estimate of drug-likeness (QED) is 0.546. The number of alkyl halides is 3. The fourth-order valence-electron chi connectivity index (χ4n) is 3.18. The van der Waals surface area contributed by atoms with E-state index in [1.54, 1.807) is 13.0 Å². The van der Waals surface area contributed by atoms with Crippen molar-refractivity contribution in [2.24, 2.45) is 5.10 Å². The molecule has 0 saturated carbocycles. The van der Waals surface area contributed by atoms with E-state index in [0.29, 0.717) is 11.4 Å². The summed E-state index contributed by atoms with van der Waals surface area (Å²) in [7, 11) is 0. The number of hydrogen-bond acceptors (Lipinski definition) is 4. The predicted molar refractivity (Wildman–Crippen MR) is 111 cm³/mol. The number of carbonyl (C=O) groups is 2. The van der Waals surface area contributed by atoms with E-state index in [9.17, 15) is 22.8 Å². The number of halogens is 3. The van der Waals surface area contributed by atoms with Crippen molar-refractivity contribution < 1.29 is 32.3 Å². The maximum Gasteiger partial charge on any atom is 0.416 e. The molecule has 1 N–H and O–H groups in total. The summed E-state index contributed by atoms with van der Waals surface area (Å²) in [5.74, 6) is -1.02. The summed E-state index contributed by atoms with van der Waals surface area (Å²) in [6.45, 7) is 1.63. The number of anilines is 1. The molecule has 2 heterocycles. The van der Waals surface area contributed by atoms with Gasteiger partial charge in [-0.05, 0) is 61.5 Å². The number of hydrogen-bond donors (Lipinski definition) is 1. The van der Waals surface area contributed by atoms with E-state index < -0.39 is 23.6 Å². The van der Waals surface area contributed by atoms with Crippen molar-refractivity contribution in [2.45, 2.75) is 13.1 Å². The first kappa shape index (κ1) is 21.1. The number of amides is 1. The van der Waals surface area contributed by atoms with E-state index in [-0.39, 0.29) is 28.2 Å². The number of carboxylic acids is 1. The normalized spacial score (nSPS) is 15.4. The summed E-state index contributed by atoms with van der Waals surface area (Å²) in [4.78, 5) is 23.8. The number of hydrazone groups is 1. The van der Waals surface area contributed by atoms with E-state index in [1.807, 2.05) is 0 Å². The smallest absolute Gasteiger partial charge is 0.416 e. The highest BCUT2D eigenvalue weighted by molar-refractivity contribution is 6.32. The summed E-state index contributed by atoms with van der Waals surface area (Å²) in [6, 6.07) is 13.5. The van der Waals surface area contributed by atoms with Gasteiger partial charge in [0.1, 0.15) is 11.5 Å². The van der Waals surface area contributed by atoms with E-state index in [2.05, 4.69) is 5.10 Å². The Balaban J connectivity index is 1.59. The van der Waals surface area contributed by atoms with Gasteiger partial charge in [-0.3, -0.25) is 4.79 Å². The number of rotatable bonds is 4. The second kappa shape index (κ2) is 7.84. The van der Waals surface area contributed by atoms with E-state index in [4.69, 9.17) is 9.52 Å². The lowest BCUT2D eigenvalue weighted by atomic mass is 10.1. The Morgan fingerprint density at radius 1 is 1.09 bits per heavy atom. The molecule has 1 amide bonds. The van der Waals surface area contributed by atoms with E-state index in [1.165, 1.54) is 48.5 Å². The minimum atomic E-state index is -4.47. The first-order valence-electron chi connectivity index (χ1n) is 9.36. The predicted octanol–water partition coefficient (Wildman–Crippen LogP) is 5.47. The van der Waals surface area contributed by atoms with Gasteiger partial charge in [-0.15, -0.1) is 0 Å². The molecule has 0 atom stereocenters. The Labute approximate surface area is 179 Å². The van der Waals surface area contributed by atoms with Gasteiger partial charge < -0.3 is 9.52 Å².